The lowest BCUT2D eigenvalue weighted by atomic mass is 9.87. The molecule has 4 rings (SSSR count). The smallest absolute Gasteiger partial charge is 0.335 e. The fourth-order valence-corrected chi connectivity index (χ4v) is 4.37. The molecule has 1 aliphatic rings. The first-order valence-corrected chi connectivity index (χ1v) is 10.4. The van der Waals surface area contributed by atoms with Gasteiger partial charge in [-0.2, -0.15) is 0 Å². The minimum atomic E-state index is -0.407. The van der Waals surface area contributed by atoms with Crippen molar-refractivity contribution < 1.29 is 9.53 Å². The molecule has 0 bridgehead atoms. The van der Waals surface area contributed by atoms with E-state index < -0.39 is 5.97 Å². The molecule has 1 heterocycles. The predicted octanol–water partition coefficient (Wildman–Crippen LogP) is 6.08. The lowest BCUT2D eigenvalue weighted by Gasteiger charge is -2.40. The van der Waals surface area contributed by atoms with Gasteiger partial charge in [-0.15, -0.1) is 0 Å². The Bertz CT molecular complexity index is 1100. The second kappa shape index (κ2) is 8.25. The van der Waals surface area contributed by atoms with Crippen molar-refractivity contribution in [3.63, 3.8) is 0 Å². The molecule has 0 saturated heterocycles. The Hall–Kier alpha value is -2.86. The highest BCUT2D eigenvalue weighted by Crippen LogP contribution is 2.46. The summed E-state index contributed by atoms with van der Waals surface area (Å²) in [6, 6.07) is 26.1. The van der Waals surface area contributed by atoms with Crippen LogP contribution in [0.1, 0.15) is 22.7 Å². The number of anilines is 1. The summed E-state index contributed by atoms with van der Waals surface area (Å²) in [6.45, 7) is 4.14. The first-order chi connectivity index (χ1) is 14.1. The molecule has 0 spiro atoms. The number of hydrogen-bond donors (Lipinski definition) is 0. The summed E-state index contributed by atoms with van der Waals surface area (Å²) in [5.74, 6) is -0.407. The predicted molar refractivity (Wildman–Crippen MR) is 126 cm³/mol. The molecule has 1 unspecified atom stereocenters. The highest BCUT2D eigenvalue weighted by molar-refractivity contribution is 14.1. The van der Waals surface area contributed by atoms with Gasteiger partial charge in [0.05, 0.1) is 24.4 Å². The van der Waals surface area contributed by atoms with Crippen molar-refractivity contribution in [2.75, 3.05) is 12.0 Å². The summed E-state index contributed by atoms with van der Waals surface area (Å²) in [7, 11) is 1.40. The summed E-state index contributed by atoms with van der Waals surface area (Å²) >= 11 is 2.34. The van der Waals surface area contributed by atoms with Crippen LogP contribution in [0.4, 0.5) is 5.69 Å². The average molecular weight is 493 g/mol. The van der Waals surface area contributed by atoms with Crippen LogP contribution in [0, 0.1) is 3.57 Å². The molecule has 0 aromatic heterocycles. The number of nitrogens with zero attached hydrogens (tertiary/aromatic N) is 1. The van der Waals surface area contributed by atoms with Crippen molar-refractivity contribution in [3.8, 4) is 0 Å². The van der Waals surface area contributed by atoms with Crippen molar-refractivity contribution in [2.45, 2.75) is 6.04 Å². The van der Waals surface area contributed by atoms with Crippen LogP contribution in [-0.4, -0.2) is 13.1 Å². The van der Waals surface area contributed by atoms with E-state index in [0.29, 0.717) is 5.57 Å². The molecule has 0 aliphatic carbocycles. The fraction of sp³-hybridized carbons (Fsp3) is 0.0800. The van der Waals surface area contributed by atoms with E-state index in [9.17, 15) is 4.79 Å². The molecule has 144 valence electrons. The van der Waals surface area contributed by atoms with Crippen molar-refractivity contribution >= 4 is 46.0 Å². The highest BCUT2D eigenvalue weighted by atomic mass is 127. The van der Waals surface area contributed by atoms with E-state index >= 15 is 0 Å². The van der Waals surface area contributed by atoms with Gasteiger partial charge in [0.1, 0.15) is 0 Å². The molecule has 0 radical (unpaired) electrons. The third-order valence-electron chi connectivity index (χ3n) is 5.06. The largest absolute Gasteiger partial charge is 0.466 e. The van der Waals surface area contributed by atoms with Gasteiger partial charge in [-0.3, -0.25) is 0 Å². The zero-order valence-corrected chi connectivity index (χ0v) is 18.2. The maximum absolute atomic E-state index is 12.6. The maximum Gasteiger partial charge on any atom is 0.335 e. The number of fused-ring (bicyclic) bond motifs is 1. The summed E-state index contributed by atoms with van der Waals surface area (Å²) < 4.78 is 6.14. The van der Waals surface area contributed by atoms with E-state index in [1.54, 1.807) is 0 Å². The average Bonchev–Trinajstić information content (AvgIpc) is 2.78. The maximum atomic E-state index is 12.6. The van der Waals surface area contributed by atoms with Crippen LogP contribution >= 0.6 is 22.6 Å². The number of methoxy groups -OCH3 is 1. The number of esters is 1. The standard InChI is InChI=1S/C25H20INO2/c1-17(25(28)29-2)24-20-13-7-6-12-19(20)16-23(18-10-4-3-5-11-18)27(24)22-15-9-8-14-21(22)26/h3-16,24H,1H2,2H3. The molecule has 1 aliphatic heterocycles. The molecule has 0 fully saturated rings. The topological polar surface area (TPSA) is 29.5 Å². The van der Waals surface area contributed by atoms with Gasteiger partial charge >= 0.3 is 5.97 Å². The first kappa shape index (κ1) is 19.5. The SMILES string of the molecule is C=C(C(=O)OC)C1c2ccccc2C=C(c2ccccc2)N1c1ccccc1I. The first-order valence-electron chi connectivity index (χ1n) is 9.28. The molecular formula is C25H20INO2. The van der Waals surface area contributed by atoms with Gasteiger partial charge in [-0.25, -0.2) is 4.79 Å². The van der Waals surface area contributed by atoms with Crippen molar-refractivity contribution in [1.29, 1.82) is 0 Å². The van der Waals surface area contributed by atoms with Crippen molar-refractivity contribution in [3.05, 3.63) is 111 Å². The van der Waals surface area contributed by atoms with Gasteiger partial charge in [0.25, 0.3) is 0 Å². The molecule has 29 heavy (non-hydrogen) atoms. The van der Waals surface area contributed by atoms with Gasteiger partial charge < -0.3 is 9.64 Å². The molecule has 1 atom stereocenters. The van der Waals surface area contributed by atoms with Crippen LogP contribution in [-0.2, 0) is 9.53 Å². The van der Waals surface area contributed by atoms with Gasteiger partial charge in [-0.1, -0.05) is 73.3 Å². The Labute approximate surface area is 184 Å². The lowest BCUT2D eigenvalue weighted by Crippen LogP contribution is -2.34. The monoisotopic (exact) mass is 493 g/mol. The van der Waals surface area contributed by atoms with Crippen LogP contribution in [0.25, 0.3) is 11.8 Å². The number of halogens is 1. The molecular weight excluding hydrogens is 473 g/mol. The van der Waals surface area contributed by atoms with Crippen LogP contribution < -0.4 is 4.90 Å². The Balaban J connectivity index is 2.01. The second-order valence-electron chi connectivity index (χ2n) is 6.77. The van der Waals surface area contributed by atoms with Crippen LogP contribution in [0.15, 0.2) is 91.0 Å². The minimum absolute atomic E-state index is 0.366. The minimum Gasteiger partial charge on any atom is -0.466 e. The van der Waals surface area contributed by atoms with Gasteiger partial charge in [0.15, 0.2) is 0 Å². The van der Waals surface area contributed by atoms with Gasteiger partial charge in [-0.05, 0) is 57.5 Å². The van der Waals surface area contributed by atoms with Crippen LogP contribution in [0.2, 0.25) is 0 Å². The van der Waals surface area contributed by atoms with E-state index in [1.807, 2.05) is 42.5 Å². The number of carbonyl (C=O) groups excluding carboxylic acids is 1. The molecule has 3 nitrogen and oxygen atoms in total. The second-order valence-corrected chi connectivity index (χ2v) is 7.93. The summed E-state index contributed by atoms with van der Waals surface area (Å²) in [6.07, 6.45) is 2.18. The summed E-state index contributed by atoms with van der Waals surface area (Å²) in [5, 5.41) is 0. The van der Waals surface area contributed by atoms with Crippen LogP contribution in [0.3, 0.4) is 0 Å². The van der Waals surface area contributed by atoms with Gasteiger partial charge in [0, 0.05) is 9.27 Å². The molecule has 4 heteroatoms. The molecule has 3 aromatic rings. The van der Waals surface area contributed by atoms with E-state index in [-0.39, 0.29) is 6.04 Å². The Morgan fingerprint density at radius 2 is 1.62 bits per heavy atom. The molecule has 0 amide bonds. The van der Waals surface area contributed by atoms with Gasteiger partial charge in [0.2, 0.25) is 0 Å². The Morgan fingerprint density at radius 1 is 0.966 bits per heavy atom. The molecule has 3 aromatic carbocycles. The number of rotatable bonds is 4. The number of benzene rings is 3. The quantitative estimate of drug-likeness (QED) is 0.251. The number of carbonyl (C=O) groups is 1. The third-order valence-corrected chi connectivity index (χ3v) is 5.97. The number of ether oxygens (including phenoxy) is 1. The van der Waals surface area contributed by atoms with E-state index in [1.165, 1.54) is 7.11 Å². The van der Waals surface area contributed by atoms with Crippen molar-refractivity contribution in [1.82, 2.24) is 0 Å². The summed E-state index contributed by atoms with van der Waals surface area (Å²) in [5.41, 5.74) is 5.62. The van der Waals surface area contributed by atoms with Crippen molar-refractivity contribution in [2.24, 2.45) is 0 Å². The van der Waals surface area contributed by atoms with E-state index in [0.717, 1.165) is 31.6 Å². The van der Waals surface area contributed by atoms with E-state index in [4.69, 9.17) is 4.74 Å². The Morgan fingerprint density at radius 3 is 2.34 bits per heavy atom. The lowest BCUT2D eigenvalue weighted by molar-refractivity contribution is -0.136. The highest BCUT2D eigenvalue weighted by Gasteiger charge is 2.35. The number of para-hydroxylation sites is 1. The molecule has 0 N–H and O–H groups in total. The zero-order chi connectivity index (χ0) is 20.4. The van der Waals surface area contributed by atoms with E-state index in [2.05, 4.69) is 76.5 Å². The normalized spacial score (nSPS) is 15.3. The fourth-order valence-electron chi connectivity index (χ4n) is 3.72. The summed E-state index contributed by atoms with van der Waals surface area (Å²) in [4.78, 5) is 14.7. The Kier molecular flexibility index (Phi) is 5.53. The van der Waals surface area contributed by atoms with Crippen LogP contribution in [0.5, 0.6) is 0 Å². The number of hydrogen-bond acceptors (Lipinski definition) is 3. The third kappa shape index (κ3) is 3.60. The molecule has 0 saturated carbocycles. The zero-order valence-electron chi connectivity index (χ0n) is 16.0.